The molecule has 1 aliphatic rings. The minimum atomic E-state index is 0.221. The van der Waals surface area contributed by atoms with E-state index in [1.165, 1.54) is 19.3 Å². The third kappa shape index (κ3) is 2.84. The number of hydrogen-bond acceptors (Lipinski definition) is 4. The topological polar surface area (TPSA) is 89.4 Å². The second-order valence-electron chi connectivity index (χ2n) is 5.30. The van der Waals surface area contributed by atoms with Gasteiger partial charge in [-0.2, -0.15) is 10.5 Å². The summed E-state index contributed by atoms with van der Waals surface area (Å²) in [6.45, 7) is 0. The first kappa shape index (κ1) is 14.6. The molecule has 0 aromatic carbocycles. The Morgan fingerprint density at radius 2 is 1.55 bits per heavy atom. The summed E-state index contributed by atoms with van der Waals surface area (Å²) in [5.74, 6) is 0.506. The van der Waals surface area contributed by atoms with Gasteiger partial charge in [0, 0.05) is 0 Å². The van der Waals surface area contributed by atoms with Gasteiger partial charge in [-0.05, 0) is 24.3 Å². The molecule has 1 aromatic heterocycles. The number of nitrogens with two attached hydrogens (primary N) is 1. The summed E-state index contributed by atoms with van der Waals surface area (Å²) in [5.41, 5.74) is 7.49. The summed E-state index contributed by atoms with van der Waals surface area (Å²) in [5, 5.41) is 18.8. The van der Waals surface area contributed by atoms with Crippen LogP contribution in [0.1, 0.15) is 67.6 Å². The molecular formula is C15H18N4S. The Labute approximate surface area is 124 Å². The molecule has 0 atom stereocenters. The number of rotatable bonds is 1. The van der Waals surface area contributed by atoms with Gasteiger partial charge in [0.25, 0.3) is 0 Å². The molecule has 0 amide bonds. The van der Waals surface area contributed by atoms with Crippen molar-refractivity contribution in [2.45, 2.75) is 50.9 Å². The van der Waals surface area contributed by atoms with Gasteiger partial charge in [0.1, 0.15) is 22.6 Å². The predicted molar refractivity (Wildman–Crippen MR) is 80.5 cm³/mol. The zero-order chi connectivity index (χ0) is 14.5. The lowest BCUT2D eigenvalue weighted by molar-refractivity contribution is 0.454. The normalized spacial score (nSPS) is 16.7. The van der Waals surface area contributed by atoms with E-state index in [9.17, 15) is 10.5 Å². The molecule has 1 aliphatic carbocycles. The molecule has 3 N–H and O–H groups in total. The van der Waals surface area contributed by atoms with Crippen molar-refractivity contribution in [2.75, 3.05) is 5.73 Å². The summed E-state index contributed by atoms with van der Waals surface area (Å²) in [4.78, 5) is 2.76. The van der Waals surface area contributed by atoms with Crippen LogP contribution in [0.4, 0.5) is 5.82 Å². The summed E-state index contributed by atoms with van der Waals surface area (Å²) in [6, 6.07) is 4.30. The highest BCUT2D eigenvalue weighted by atomic mass is 32.1. The molecule has 1 heterocycles. The molecule has 0 spiro atoms. The molecule has 104 valence electrons. The highest BCUT2D eigenvalue weighted by Gasteiger charge is 2.23. The average Bonchev–Trinajstić information content (AvgIpc) is 2.38. The van der Waals surface area contributed by atoms with Crippen LogP contribution >= 0.6 is 12.2 Å². The van der Waals surface area contributed by atoms with Crippen molar-refractivity contribution in [3.8, 4) is 12.1 Å². The third-order valence-electron chi connectivity index (χ3n) is 4.02. The van der Waals surface area contributed by atoms with E-state index in [2.05, 4.69) is 17.1 Å². The number of pyridine rings is 1. The van der Waals surface area contributed by atoms with Gasteiger partial charge in [-0.3, -0.25) is 0 Å². The van der Waals surface area contributed by atoms with E-state index in [1.54, 1.807) is 0 Å². The van der Waals surface area contributed by atoms with Crippen molar-refractivity contribution in [3.05, 3.63) is 21.3 Å². The van der Waals surface area contributed by atoms with Gasteiger partial charge >= 0.3 is 0 Å². The second kappa shape index (κ2) is 6.54. The van der Waals surface area contributed by atoms with Crippen molar-refractivity contribution in [1.82, 2.24) is 4.98 Å². The van der Waals surface area contributed by atoms with Crippen LogP contribution in [-0.2, 0) is 0 Å². The van der Waals surface area contributed by atoms with Crippen molar-refractivity contribution in [3.63, 3.8) is 0 Å². The molecule has 1 aromatic rings. The van der Waals surface area contributed by atoms with Crippen LogP contribution in [0.25, 0.3) is 0 Å². The van der Waals surface area contributed by atoms with Crippen LogP contribution in [0.5, 0.6) is 0 Å². The Morgan fingerprint density at radius 1 is 1.00 bits per heavy atom. The van der Waals surface area contributed by atoms with Crippen LogP contribution in [0.15, 0.2) is 0 Å². The Morgan fingerprint density at radius 3 is 2.10 bits per heavy atom. The minimum Gasteiger partial charge on any atom is -0.384 e. The molecule has 5 heteroatoms. The van der Waals surface area contributed by atoms with Crippen molar-refractivity contribution < 1.29 is 0 Å². The molecule has 0 radical (unpaired) electrons. The van der Waals surface area contributed by atoms with E-state index >= 15 is 0 Å². The van der Waals surface area contributed by atoms with Crippen LogP contribution in [-0.4, -0.2) is 4.98 Å². The maximum absolute atomic E-state index is 9.38. The molecule has 2 rings (SSSR count). The number of nitrogens with zero attached hydrogens (tertiary/aromatic N) is 2. The van der Waals surface area contributed by atoms with E-state index < -0.39 is 0 Å². The maximum Gasteiger partial charge on any atom is 0.123 e. The Balaban J connectivity index is 2.55. The lowest BCUT2D eigenvalue weighted by Gasteiger charge is -2.22. The molecule has 1 fully saturated rings. The summed E-state index contributed by atoms with van der Waals surface area (Å²) >= 11 is 5.20. The highest BCUT2D eigenvalue weighted by molar-refractivity contribution is 7.71. The van der Waals surface area contributed by atoms with Crippen molar-refractivity contribution >= 4 is 18.0 Å². The van der Waals surface area contributed by atoms with Gasteiger partial charge in [0.2, 0.25) is 0 Å². The number of hydrogen-bond donors (Lipinski definition) is 2. The zero-order valence-corrected chi connectivity index (χ0v) is 12.2. The number of anilines is 1. The fourth-order valence-corrected chi connectivity index (χ4v) is 3.29. The first-order valence-corrected chi connectivity index (χ1v) is 7.45. The van der Waals surface area contributed by atoms with Gasteiger partial charge in [-0.1, -0.05) is 44.3 Å². The number of aromatic amines is 1. The SMILES string of the molecule is N#Cc1c(N)[nH]c(=S)c(C#N)c1C1CCCCCCC1. The van der Waals surface area contributed by atoms with Crippen LogP contribution in [0, 0.1) is 27.3 Å². The fraction of sp³-hybridized carbons (Fsp3) is 0.533. The average molecular weight is 286 g/mol. The number of nitrogens with one attached hydrogen (secondary N) is 1. The Kier molecular flexibility index (Phi) is 4.76. The smallest absolute Gasteiger partial charge is 0.123 e. The van der Waals surface area contributed by atoms with Crippen LogP contribution in [0.2, 0.25) is 0 Å². The Hall–Kier alpha value is -1.85. The van der Waals surface area contributed by atoms with Crippen molar-refractivity contribution in [1.29, 1.82) is 10.5 Å². The molecule has 4 nitrogen and oxygen atoms in total. The number of nitrogen functional groups attached to an aromatic ring is 1. The summed E-state index contributed by atoms with van der Waals surface area (Å²) in [7, 11) is 0. The molecule has 0 unspecified atom stereocenters. The number of nitriles is 2. The summed E-state index contributed by atoms with van der Waals surface area (Å²) < 4.78 is 0.348. The number of aromatic nitrogens is 1. The monoisotopic (exact) mass is 286 g/mol. The maximum atomic E-state index is 9.38. The van der Waals surface area contributed by atoms with E-state index in [1.807, 2.05) is 0 Å². The van der Waals surface area contributed by atoms with E-state index in [4.69, 9.17) is 18.0 Å². The zero-order valence-electron chi connectivity index (χ0n) is 11.4. The van der Waals surface area contributed by atoms with Crippen molar-refractivity contribution in [2.24, 2.45) is 0 Å². The highest BCUT2D eigenvalue weighted by Crippen LogP contribution is 2.36. The van der Waals surface area contributed by atoms with E-state index in [-0.39, 0.29) is 11.7 Å². The largest absolute Gasteiger partial charge is 0.384 e. The van der Waals surface area contributed by atoms with E-state index in [0.29, 0.717) is 15.8 Å². The quantitative estimate of drug-likeness (QED) is 0.766. The van der Waals surface area contributed by atoms with Gasteiger partial charge in [-0.25, -0.2) is 0 Å². The van der Waals surface area contributed by atoms with Gasteiger partial charge in [-0.15, -0.1) is 0 Å². The third-order valence-corrected chi connectivity index (χ3v) is 4.33. The lowest BCUT2D eigenvalue weighted by atomic mass is 9.82. The van der Waals surface area contributed by atoms with Crippen LogP contribution in [0.3, 0.4) is 0 Å². The molecule has 0 bridgehead atoms. The standard InChI is InChI=1S/C15H18N4S/c16-8-11-13(10-6-4-2-1-3-5-7-10)12(9-17)15(20)19-14(11)18/h10H,1-7H2,(H3,18,19,20). The van der Waals surface area contributed by atoms with Gasteiger partial charge < -0.3 is 10.7 Å². The molecule has 0 aliphatic heterocycles. The fourth-order valence-electron chi connectivity index (χ4n) is 3.02. The van der Waals surface area contributed by atoms with Gasteiger partial charge in [0.05, 0.1) is 11.1 Å². The number of H-pyrrole nitrogens is 1. The van der Waals surface area contributed by atoms with E-state index in [0.717, 1.165) is 31.2 Å². The summed E-state index contributed by atoms with van der Waals surface area (Å²) in [6.07, 6.45) is 7.98. The molecule has 20 heavy (non-hydrogen) atoms. The first-order valence-electron chi connectivity index (χ1n) is 7.05. The van der Waals surface area contributed by atoms with Gasteiger partial charge in [0.15, 0.2) is 0 Å². The molecule has 1 saturated carbocycles. The molecular weight excluding hydrogens is 268 g/mol. The molecule has 0 saturated heterocycles. The first-order chi connectivity index (χ1) is 9.69. The second-order valence-corrected chi connectivity index (χ2v) is 5.71. The predicted octanol–water partition coefficient (Wildman–Crippen LogP) is 3.90. The Bertz CT molecular complexity index is 625. The lowest BCUT2D eigenvalue weighted by Crippen LogP contribution is -2.11. The minimum absolute atomic E-state index is 0.221. The van der Waals surface area contributed by atoms with Crippen LogP contribution < -0.4 is 5.73 Å².